The Labute approximate surface area is 146 Å². The molecule has 1 amide bonds. The minimum absolute atomic E-state index is 0. The van der Waals surface area contributed by atoms with Crippen molar-refractivity contribution in [1.82, 2.24) is 9.80 Å². The number of nitrogens with zero attached hydrogens (tertiary/aromatic N) is 2. The minimum Gasteiger partial charge on any atom is -0.383 e. The van der Waals surface area contributed by atoms with Crippen LogP contribution in [-0.4, -0.2) is 68.2 Å². The molecule has 132 valence electrons. The molecule has 0 radical (unpaired) electrons. The van der Waals surface area contributed by atoms with Gasteiger partial charge in [0.05, 0.1) is 6.61 Å². The number of piperazine rings is 1. The first-order valence-electron chi connectivity index (χ1n) is 7.96. The number of nitrogens with two attached hydrogens (primary N) is 1. The highest BCUT2D eigenvalue weighted by Gasteiger charge is 2.26. The van der Waals surface area contributed by atoms with Gasteiger partial charge in [-0.25, -0.2) is 0 Å². The van der Waals surface area contributed by atoms with Crippen LogP contribution < -0.4 is 5.73 Å². The summed E-state index contributed by atoms with van der Waals surface area (Å²) >= 11 is 0. The van der Waals surface area contributed by atoms with E-state index in [0.29, 0.717) is 6.61 Å². The van der Waals surface area contributed by atoms with E-state index >= 15 is 0 Å². The molecular weight excluding hydrogens is 325 g/mol. The summed E-state index contributed by atoms with van der Waals surface area (Å²) < 4.78 is 4.95. The number of carbonyl (C=O) groups excluding carboxylic acids is 1. The van der Waals surface area contributed by atoms with Crippen molar-refractivity contribution in [3.63, 3.8) is 0 Å². The number of carbonyl (C=O) groups is 1. The van der Waals surface area contributed by atoms with Crippen LogP contribution in [-0.2, 0) is 9.53 Å². The summed E-state index contributed by atoms with van der Waals surface area (Å²) in [7, 11) is 1.58. The molecule has 0 aromatic rings. The molecule has 1 aliphatic carbocycles. The SMILES string of the molecule is COCC(N)C(=O)N1CCN(CC2CCCCC2)CC1.Cl.Cl. The lowest BCUT2D eigenvalue weighted by Crippen LogP contribution is -2.54. The summed E-state index contributed by atoms with van der Waals surface area (Å²) in [5.41, 5.74) is 5.81. The predicted octanol–water partition coefficient (Wildman–Crippen LogP) is 1.53. The number of hydrogen-bond acceptors (Lipinski definition) is 4. The summed E-state index contributed by atoms with van der Waals surface area (Å²) in [5, 5.41) is 0. The lowest BCUT2D eigenvalue weighted by Gasteiger charge is -2.38. The molecule has 1 atom stereocenters. The summed E-state index contributed by atoms with van der Waals surface area (Å²) in [6, 6.07) is -0.509. The zero-order valence-electron chi connectivity index (χ0n) is 13.5. The van der Waals surface area contributed by atoms with Crippen molar-refractivity contribution in [2.24, 2.45) is 11.7 Å². The molecule has 7 heteroatoms. The van der Waals surface area contributed by atoms with E-state index in [-0.39, 0.29) is 30.7 Å². The third-order valence-electron chi connectivity index (χ3n) is 4.59. The van der Waals surface area contributed by atoms with Crippen LogP contribution in [0.2, 0.25) is 0 Å². The number of halogens is 2. The van der Waals surface area contributed by atoms with Crippen molar-refractivity contribution < 1.29 is 9.53 Å². The Bertz CT molecular complexity index is 307. The van der Waals surface area contributed by atoms with Gasteiger partial charge in [-0.1, -0.05) is 19.3 Å². The average molecular weight is 356 g/mol. The number of rotatable bonds is 5. The highest BCUT2D eigenvalue weighted by Crippen LogP contribution is 2.24. The maximum Gasteiger partial charge on any atom is 0.241 e. The Balaban J connectivity index is 0.00000220. The van der Waals surface area contributed by atoms with Gasteiger partial charge >= 0.3 is 0 Å². The van der Waals surface area contributed by atoms with Crippen LogP contribution in [0.15, 0.2) is 0 Å². The van der Waals surface area contributed by atoms with Gasteiger partial charge in [-0.3, -0.25) is 9.69 Å². The fraction of sp³-hybridized carbons (Fsp3) is 0.933. The fourth-order valence-electron chi connectivity index (χ4n) is 3.37. The van der Waals surface area contributed by atoms with E-state index in [0.717, 1.165) is 32.1 Å². The summed E-state index contributed by atoms with van der Waals surface area (Å²) in [5.74, 6) is 0.908. The first-order valence-corrected chi connectivity index (χ1v) is 7.96. The third kappa shape index (κ3) is 6.59. The van der Waals surface area contributed by atoms with Gasteiger partial charge in [0, 0.05) is 39.8 Å². The van der Waals surface area contributed by atoms with Crippen LogP contribution >= 0.6 is 24.8 Å². The van der Waals surface area contributed by atoms with Crippen molar-refractivity contribution in [1.29, 1.82) is 0 Å². The van der Waals surface area contributed by atoms with Gasteiger partial charge in [-0.05, 0) is 18.8 Å². The molecule has 0 spiro atoms. The molecule has 0 aromatic carbocycles. The lowest BCUT2D eigenvalue weighted by atomic mass is 9.89. The van der Waals surface area contributed by atoms with E-state index in [1.54, 1.807) is 7.11 Å². The van der Waals surface area contributed by atoms with Gasteiger partial charge < -0.3 is 15.4 Å². The third-order valence-corrected chi connectivity index (χ3v) is 4.59. The summed E-state index contributed by atoms with van der Waals surface area (Å²) in [4.78, 5) is 16.5. The van der Waals surface area contributed by atoms with Crippen LogP contribution in [0, 0.1) is 5.92 Å². The van der Waals surface area contributed by atoms with Gasteiger partial charge in [0.15, 0.2) is 0 Å². The monoisotopic (exact) mass is 355 g/mol. The van der Waals surface area contributed by atoms with Crippen molar-refractivity contribution in [3.8, 4) is 0 Å². The second-order valence-electron chi connectivity index (χ2n) is 6.19. The topological polar surface area (TPSA) is 58.8 Å². The molecule has 2 aliphatic rings. The van der Waals surface area contributed by atoms with Crippen LogP contribution in [0.3, 0.4) is 0 Å². The molecule has 22 heavy (non-hydrogen) atoms. The number of methoxy groups -OCH3 is 1. The first kappa shape index (κ1) is 21.9. The Morgan fingerprint density at radius 3 is 2.27 bits per heavy atom. The van der Waals surface area contributed by atoms with E-state index in [2.05, 4.69) is 4.90 Å². The Hall–Kier alpha value is -0.0700. The molecule has 1 aliphatic heterocycles. The largest absolute Gasteiger partial charge is 0.383 e. The molecule has 1 heterocycles. The van der Waals surface area contributed by atoms with E-state index in [1.165, 1.54) is 38.6 Å². The number of ether oxygens (including phenoxy) is 1. The van der Waals surface area contributed by atoms with Gasteiger partial charge in [0.1, 0.15) is 6.04 Å². The van der Waals surface area contributed by atoms with E-state index in [4.69, 9.17) is 10.5 Å². The first-order chi connectivity index (χ1) is 9.70. The van der Waals surface area contributed by atoms with Gasteiger partial charge in [-0.15, -0.1) is 24.8 Å². The van der Waals surface area contributed by atoms with Crippen molar-refractivity contribution in [3.05, 3.63) is 0 Å². The Morgan fingerprint density at radius 1 is 1.14 bits per heavy atom. The van der Waals surface area contributed by atoms with Crippen LogP contribution in [0.5, 0.6) is 0 Å². The average Bonchev–Trinajstić information content (AvgIpc) is 2.48. The highest BCUT2D eigenvalue weighted by molar-refractivity contribution is 5.85. The molecule has 1 saturated carbocycles. The predicted molar refractivity (Wildman–Crippen MR) is 93.9 cm³/mol. The maximum atomic E-state index is 12.1. The second kappa shape index (κ2) is 11.5. The lowest BCUT2D eigenvalue weighted by molar-refractivity contribution is -0.135. The molecule has 0 aromatic heterocycles. The standard InChI is InChI=1S/C15H29N3O2.2ClH/c1-20-12-14(16)15(19)18-9-7-17(8-10-18)11-13-5-3-2-4-6-13;;/h13-14H,2-12,16H2,1H3;2*1H. The molecule has 1 saturated heterocycles. The zero-order valence-corrected chi connectivity index (χ0v) is 15.2. The van der Waals surface area contributed by atoms with Crippen molar-refractivity contribution in [2.75, 3.05) is 46.4 Å². The van der Waals surface area contributed by atoms with Gasteiger partial charge in [0.25, 0.3) is 0 Å². The molecule has 5 nitrogen and oxygen atoms in total. The van der Waals surface area contributed by atoms with Crippen molar-refractivity contribution in [2.45, 2.75) is 38.1 Å². The zero-order chi connectivity index (χ0) is 14.4. The fourth-order valence-corrected chi connectivity index (χ4v) is 3.37. The number of hydrogen-bond donors (Lipinski definition) is 1. The van der Waals surface area contributed by atoms with Crippen LogP contribution in [0.4, 0.5) is 0 Å². The Kier molecular flexibility index (Phi) is 11.4. The molecular formula is C15H31Cl2N3O2. The summed E-state index contributed by atoms with van der Waals surface area (Å²) in [6.45, 7) is 5.11. The maximum absolute atomic E-state index is 12.1. The molecule has 1 unspecified atom stereocenters. The van der Waals surface area contributed by atoms with Gasteiger partial charge in [0.2, 0.25) is 5.91 Å². The smallest absolute Gasteiger partial charge is 0.241 e. The molecule has 0 bridgehead atoms. The molecule has 2 fully saturated rings. The highest BCUT2D eigenvalue weighted by atomic mass is 35.5. The van der Waals surface area contributed by atoms with E-state index in [1.807, 2.05) is 4.90 Å². The van der Waals surface area contributed by atoms with Crippen LogP contribution in [0.1, 0.15) is 32.1 Å². The normalized spacial score (nSPS) is 21.6. The minimum atomic E-state index is -0.509. The second-order valence-corrected chi connectivity index (χ2v) is 6.19. The van der Waals surface area contributed by atoms with Crippen molar-refractivity contribution >= 4 is 30.7 Å². The van der Waals surface area contributed by atoms with Gasteiger partial charge in [-0.2, -0.15) is 0 Å². The van der Waals surface area contributed by atoms with E-state index in [9.17, 15) is 4.79 Å². The summed E-state index contributed by atoms with van der Waals surface area (Å²) in [6.07, 6.45) is 6.98. The Morgan fingerprint density at radius 2 is 1.73 bits per heavy atom. The molecule has 2 N–H and O–H groups in total. The number of amides is 1. The quantitative estimate of drug-likeness (QED) is 0.812. The van der Waals surface area contributed by atoms with E-state index < -0.39 is 6.04 Å². The molecule has 2 rings (SSSR count). The van der Waals surface area contributed by atoms with Crippen LogP contribution in [0.25, 0.3) is 0 Å².